The van der Waals surface area contributed by atoms with Crippen molar-refractivity contribution in [2.45, 2.75) is 38.4 Å². The predicted octanol–water partition coefficient (Wildman–Crippen LogP) is 2.49. The van der Waals surface area contributed by atoms with E-state index in [0.717, 1.165) is 0 Å². The van der Waals surface area contributed by atoms with Gasteiger partial charge in [-0.3, -0.25) is 0 Å². The van der Waals surface area contributed by atoms with Gasteiger partial charge in [0.05, 0.1) is 5.54 Å². The lowest BCUT2D eigenvalue weighted by Gasteiger charge is -2.30. The lowest BCUT2D eigenvalue weighted by Crippen LogP contribution is -2.44. The maximum Gasteiger partial charge on any atom is 0.445 e. The molecule has 0 amide bonds. The fourth-order valence-corrected chi connectivity index (χ4v) is 2.11. The minimum absolute atomic E-state index is 0.159. The van der Waals surface area contributed by atoms with Gasteiger partial charge in [-0.15, -0.1) is 10.2 Å². The Bertz CT molecular complexity index is 351. The van der Waals surface area contributed by atoms with Gasteiger partial charge in [0.2, 0.25) is 10.1 Å². The molecule has 1 rings (SSSR count). The lowest BCUT2D eigenvalue weighted by molar-refractivity contribution is -0.138. The first-order valence-corrected chi connectivity index (χ1v) is 6.07. The number of nitrogens with two attached hydrogens (primary N) is 1. The number of rotatable bonds is 5. The van der Waals surface area contributed by atoms with E-state index in [1.807, 2.05) is 13.8 Å². The molecular weight excluding hydrogens is 253 g/mol. The molecule has 0 saturated heterocycles. The Morgan fingerprint density at radius 2 is 1.82 bits per heavy atom. The van der Waals surface area contributed by atoms with E-state index in [1.165, 1.54) is 0 Å². The first-order chi connectivity index (χ1) is 7.87. The Balaban J connectivity index is 2.85. The Hall–Kier alpha value is -0.890. The molecule has 98 valence electrons. The van der Waals surface area contributed by atoms with Crippen molar-refractivity contribution in [1.29, 1.82) is 0 Å². The summed E-state index contributed by atoms with van der Waals surface area (Å²) in [5.41, 5.74) is 5.23. The second-order valence-corrected chi connectivity index (χ2v) is 4.70. The second-order valence-electron chi connectivity index (χ2n) is 3.73. The molecule has 4 nitrogen and oxygen atoms in total. The molecule has 8 heteroatoms. The van der Waals surface area contributed by atoms with Crippen LogP contribution in [0.25, 0.3) is 0 Å². The maximum atomic E-state index is 12.3. The van der Waals surface area contributed by atoms with Crippen LogP contribution < -0.4 is 11.1 Å². The van der Waals surface area contributed by atoms with E-state index >= 15 is 0 Å². The van der Waals surface area contributed by atoms with Gasteiger partial charge in [0.15, 0.2) is 0 Å². The van der Waals surface area contributed by atoms with Gasteiger partial charge in [0.25, 0.3) is 0 Å². The van der Waals surface area contributed by atoms with Crippen LogP contribution in [-0.2, 0) is 6.18 Å². The third kappa shape index (κ3) is 3.29. The van der Waals surface area contributed by atoms with Gasteiger partial charge in [-0.1, -0.05) is 25.2 Å². The van der Waals surface area contributed by atoms with Crippen molar-refractivity contribution >= 4 is 16.5 Å². The fraction of sp³-hybridized carbons (Fsp3) is 0.778. The zero-order valence-corrected chi connectivity index (χ0v) is 10.5. The molecule has 3 N–H and O–H groups in total. The van der Waals surface area contributed by atoms with Crippen LogP contribution in [0.1, 0.15) is 31.7 Å². The number of nitrogens with zero attached hydrogens (tertiary/aromatic N) is 2. The average molecular weight is 268 g/mol. The van der Waals surface area contributed by atoms with Gasteiger partial charge in [-0.05, 0) is 12.8 Å². The van der Waals surface area contributed by atoms with Crippen molar-refractivity contribution in [1.82, 2.24) is 10.2 Å². The Morgan fingerprint density at radius 1 is 1.24 bits per heavy atom. The highest BCUT2D eigenvalue weighted by Gasteiger charge is 2.36. The first kappa shape index (κ1) is 14.2. The Kier molecular flexibility index (Phi) is 4.31. The third-order valence-corrected chi connectivity index (χ3v) is 3.67. The van der Waals surface area contributed by atoms with Crippen molar-refractivity contribution in [3.05, 3.63) is 5.01 Å². The van der Waals surface area contributed by atoms with Gasteiger partial charge in [-0.2, -0.15) is 13.2 Å². The van der Waals surface area contributed by atoms with Crippen LogP contribution in [0.2, 0.25) is 0 Å². The molecule has 0 aliphatic heterocycles. The molecule has 0 saturated carbocycles. The minimum atomic E-state index is -4.44. The quantitative estimate of drug-likeness (QED) is 0.861. The first-order valence-electron chi connectivity index (χ1n) is 5.26. The number of aromatic nitrogens is 2. The molecule has 0 fully saturated rings. The van der Waals surface area contributed by atoms with Crippen molar-refractivity contribution in [2.75, 3.05) is 11.9 Å². The largest absolute Gasteiger partial charge is 0.445 e. The molecule has 1 aromatic rings. The van der Waals surface area contributed by atoms with E-state index < -0.39 is 16.7 Å². The average Bonchev–Trinajstić information content (AvgIpc) is 2.74. The summed E-state index contributed by atoms with van der Waals surface area (Å²) in [5.74, 6) is 0. The number of hydrogen-bond donors (Lipinski definition) is 2. The molecule has 0 atom stereocenters. The number of hydrogen-bond acceptors (Lipinski definition) is 5. The molecule has 0 radical (unpaired) electrons. The fourth-order valence-electron chi connectivity index (χ4n) is 1.38. The number of anilines is 1. The monoisotopic (exact) mass is 268 g/mol. The smallest absolute Gasteiger partial charge is 0.353 e. The lowest BCUT2D eigenvalue weighted by atomic mass is 9.93. The van der Waals surface area contributed by atoms with Crippen LogP contribution >= 0.6 is 11.3 Å². The van der Waals surface area contributed by atoms with Crippen molar-refractivity contribution < 1.29 is 13.2 Å². The van der Waals surface area contributed by atoms with Crippen LogP contribution in [0.5, 0.6) is 0 Å². The highest BCUT2D eigenvalue weighted by atomic mass is 32.1. The van der Waals surface area contributed by atoms with Crippen molar-refractivity contribution in [2.24, 2.45) is 5.73 Å². The summed E-state index contributed by atoms with van der Waals surface area (Å²) in [6.07, 6.45) is -3.02. The summed E-state index contributed by atoms with van der Waals surface area (Å²) in [6.45, 7) is 4.19. The Morgan fingerprint density at radius 3 is 2.18 bits per heavy atom. The molecular formula is C9H15F3N4S. The predicted molar refractivity (Wildman–Crippen MR) is 60.9 cm³/mol. The number of nitrogens with one attached hydrogen (secondary N) is 1. The maximum absolute atomic E-state index is 12.3. The SMILES string of the molecule is CCC(CC)(CN)Nc1nnc(C(F)(F)F)s1. The van der Waals surface area contributed by atoms with Crippen molar-refractivity contribution in [3.63, 3.8) is 0 Å². The molecule has 0 bridgehead atoms. The summed E-state index contributed by atoms with van der Waals surface area (Å²) < 4.78 is 37.0. The topological polar surface area (TPSA) is 63.8 Å². The van der Waals surface area contributed by atoms with Crippen LogP contribution in [0, 0.1) is 0 Å². The van der Waals surface area contributed by atoms with Crippen LogP contribution in [0.15, 0.2) is 0 Å². The van der Waals surface area contributed by atoms with E-state index in [0.29, 0.717) is 30.7 Å². The van der Waals surface area contributed by atoms with Gasteiger partial charge in [-0.25, -0.2) is 0 Å². The zero-order valence-electron chi connectivity index (χ0n) is 9.64. The van der Waals surface area contributed by atoms with Gasteiger partial charge < -0.3 is 11.1 Å². The summed E-state index contributed by atoms with van der Waals surface area (Å²) in [7, 11) is 0. The van der Waals surface area contributed by atoms with Gasteiger partial charge >= 0.3 is 6.18 Å². The van der Waals surface area contributed by atoms with Gasteiger partial charge in [0.1, 0.15) is 0 Å². The molecule has 1 aromatic heterocycles. The highest BCUT2D eigenvalue weighted by Crippen LogP contribution is 2.34. The molecule has 0 spiro atoms. The zero-order chi connectivity index (χ0) is 13.1. The van der Waals surface area contributed by atoms with Gasteiger partial charge in [0, 0.05) is 6.54 Å². The van der Waals surface area contributed by atoms with E-state index in [2.05, 4.69) is 15.5 Å². The standard InChI is InChI=1S/C9H15F3N4S/c1-3-8(4-2,5-13)14-7-16-15-6(17-7)9(10,11)12/h3-5,13H2,1-2H3,(H,14,16). The third-order valence-electron chi connectivity index (χ3n) is 2.78. The summed E-state index contributed by atoms with van der Waals surface area (Å²) in [6, 6.07) is 0. The Labute approximate surface area is 101 Å². The molecule has 0 unspecified atom stereocenters. The van der Waals surface area contributed by atoms with E-state index in [1.54, 1.807) is 0 Å². The molecule has 0 aromatic carbocycles. The normalized spacial score (nSPS) is 12.8. The van der Waals surface area contributed by atoms with E-state index in [4.69, 9.17) is 5.73 Å². The summed E-state index contributed by atoms with van der Waals surface area (Å²) in [5, 5.41) is 8.77. The summed E-state index contributed by atoms with van der Waals surface area (Å²) >= 11 is 0.499. The second kappa shape index (κ2) is 5.18. The highest BCUT2D eigenvalue weighted by molar-refractivity contribution is 7.15. The molecule has 1 heterocycles. The van der Waals surface area contributed by atoms with Crippen LogP contribution in [0.3, 0.4) is 0 Å². The number of alkyl halides is 3. The molecule has 0 aliphatic rings. The summed E-state index contributed by atoms with van der Waals surface area (Å²) in [4.78, 5) is 0. The molecule has 17 heavy (non-hydrogen) atoms. The van der Waals surface area contributed by atoms with Crippen LogP contribution in [-0.4, -0.2) is 22.3 Å². The number of halogens is 3. The van der Waals surface area contributed by atoms with Crippen molar-refractivity contribution in [3.8, 4) is 0 Å². The molecule has 0 aliphatic carbocycles. The van der Waals surface area contributed by atoms with Crippen LogP contribution in [0.4, 0.5) is 18.3 Å². The van der Waals surface area contributed by atoms with E-state index in [9.17, 15) is 13.2 Å². The minimum Gasteiger partial charge on any atom is -0.353 e. The van der Waals surface area contributed by atoms with E-state index in [-0.39, 0.29) is 5.13 Å².